The Bertz CT molecular complexity index is 1010. The number of carboxylic acids is 1. The van der Waals surface area contributed by atoms with Crippen LogP contribution < -0.4 is 5.11 Å². The molecule has 1 fully saturated rings. The third kappa shape index (κ3) is 3.84. The van der Waals surface area contributed by atoms with Gasteiger partial charge in [0.15, 0.2) is 5.17 Å². The van der Waals surface area contributed by atoms with Gasteiger partial charge in [-0.1, -0.05) is 23.7 Å². The van der Waals surface area contributed by atoms with Gasteiger partial charge in [-0.3, -0.25) is 4.79 Å². The first-order valence-corrected chi connectivity index (χ1v) is 9.67. The van der Waals surface area contributed by atoms with Crippen LogP contribution in [-0.2, 0) is 9.53 Å². The second-order valence-corrected chi connectivity index (χ2v) is 7.51. The number of amides is 1. The Morgan fingerprint density at radius 1 is 1.25 bits per heavy atom. The predicted octanol–water partition coefficient (Wildman–Crippen LogP) is 2.27. The third-order valence-corrected chi connectivity index (χ3v) is 5.62. The molecule has 1 amide bonds. The van der Waals surface area contributed by atoms with Crippen molar-refractivity contribution >= 4 is 46.5 Å². The number of aliphatic imine (C=N–C) groups is 1. The van der Waals surface area contributed by atoms with E-state index in [0.717, 1.165) is 0 Å². The number of amidine groups is 1. The first-order valence-electron chi connectivity index (χ1n) is 8.47. The second-order valence-electron chi connectivity index (χ2n) is 6.09. The highest BCUT2D eigenvalue weighted by atomic mass is 35.5. The third-order valence-electron chi connectivity index (χ3n) is 4.26. The number of morpholine rings is 1. The van der Waals surface area contributed by atoms with Gasteiger partial charge in [-0.25, -0.2) is 0 Å². The maximum atomic E-state index is 12.2. The molecule has 2 aromatic rings. The van der Waals surface area contributed by atoms with Crippen LogP contribution in [-0.4, -0.2) is 48.2 Å². The fraction of sp³-hybridized carbons (Fsp3) is 0.211. The van der Waals surface area contributed by atoms with E-state index >= 15 is 0 Å². The Balaban J connectivity index is 1.51. The number of carbonyl (C=O) groups excluding carboxylic acids is 2. The van der Waals surface area contributed by atoms with Crippen LogP contribution in [0.2, 0.25) is 5.02 Å². The number of rotatable bonds is 3. The Morgan fingerprint density at radius 2 is 2.04 bits per heavy atom. The van der Waals surface area contributed by atoms with E-state index in [1.807, 2.05) is 4.90 Å². The summed E-state index contributed by atoms with van der Waals surface area (Å²) in [5.74, 6) is -0.646. The molecule has 1 aromatic carbocycles. The number of nitrogens with zero attached hydrogens (tertiary/aromatic N) is 2. The standard InChI is InChI=1S/C19H15ClN2O5S/c20-14-9-11(1-3-13(14)18(24)25)15-4-2-12(27-15)10-16-17(23)21-19(28-16)22-5-7-26-8-6-22/h1-4,9-10H,5-8H2,(H,24,25)/p-1/b16-10+. The van der Waals surface area contributed by atoms with Crippen LogP contribution >= 0.6 is 23.4 Å². The van der Waals surface area contributed by atoms with Crippen LogP contribution in [0.3, 0.4) is 0 Å². The molecule has 144 valence electrons. The molecule has 2 aliphatic rings. The Labute approximate surface area is 169 Å². The van der Waals surface area contributed by atoms with E-state index in [-0.39, 0.29) is 16.5 Å². The van der Waals surface area contributed by atoms with Crippen LogP contribution in [0.25, 0.3) is 17.4 Å². The van der Waals surface area contributed by atoms with Crippen molar-refractivity contribution in [3.05, 3.63) is 51.6 Å². The molecular weight excluding hydrogens is 404 g/mol. The minimum atomic E-state index is -1.34. The zero-order chi connectivity index (χ0) is 19.7. The number of hydrogen-bond acceptors (Lipinski definition) is 7. The van der Waals surface area contributed by atoms with Gasteiger partial charge in [-0.2, -0.15) is 4.99 Å². The molecule has 3 heterocycles. The lowest BCUT2D eigenvalue weighted by molar-refractivity contribution is -0.255. The normalized spacial score (nSPS) is 18.6. The average molecular weight is 418 g/mol. The smallest absolute Gasteiger partial charge is 0.286 e. The molecule has 2 aliphatic heterocycles. The van der Waals surface area contributed by atoms with E-state index in [4.69, 9.17) is 20.8 Å². The molecule has 0 saturated carbocycles. The molecule has 0 spiro atoms. The molecule has 1 aromatic heterocycles. The van der Waals surface area contributed by atoms with Crippen molar-refractivity contribution in [2.45, 2.75) is 0 Å². The van der Waals surface area contributed by atoms with Gasteiger partial charge in [0.25, 0.3) is 5.91 Å². The summed E-state index contributed by atoms with van der Waals surface area (Å²) in [4.78, 5) is 29.8. The highest BCUT2D eigenvalue weighted by Gasteiger charge is 2.27. The van der Waals surface area contributed by atoms with E-state index in [0.29, 0.717) is 53.5 Å². The van der Waals surface area contributed by atoms with Crippen molar-refractivity contribution in [2.24, 2.45) is 4.99 Å². The maximum Gasteiger partial charge on any atom is 0.286 e. The largest absolute Gasteiger partial charge is 0.545 e. The summed E-state index contributed by atoms with van der Waals surface area (Å²) in [5.41, 5.74) is 0.537. The van der Waals surface area contributed by atoms with Gasteiger partial charge in [0.2, 0.25) is 0 Å². The van der Waals surface area contributed by atoms with Gasteiger partial charge in [-0.15, -0.1) is 0 Å². The van der Waals surface area contributed by atoms with Gasteiger partial charge >= 0.3 is 0 Å². The van der Waals surface area contributed by atoms with E-state index in [9.17, 15) is 14.7 Å². The van der Waals surface area contributed by atoms with Crippen molar-refractivity contribution in [2.75, 3.05) is 26.3 Å². The Hall–Kier alpha value is -2.55. The monoisotopic (exact) mass is 417 g/mol. The minimum Gasteiger partial charge on any atom is -0.545 e. The van der Waals surface area contributed by atoms with Gasteiger partial charge in [0.05, 0.1) is 29.1 Å². The number of thioether (sulfide) groups is 1. The lowest BCUT2D eigenvalue weighted by atomic mass is 10.1. The molecule has 28 heavy (non-hydrogen) atoms. The van der Waals surface area contributed by atoms with Crippen LogP contribution in [0.4, 0.5) is 0 Å². The number of ether oxygens (including phenoxy) is 1. The summed E-state index contributed by atoms with van der Waals surface area (Å²) in [7, 11) is 0. The molecule has 0 atom stereocenters. The Morgan fingerprint density at radius 3 is 2.75 bits per heavy atom. The number of hydrogen-bond donors (Lipinski definition) is 0. The molecule has 9 heteroatoms. The van der Waals surface area contributed by atoms with Crippen LogP contribution in [0, 0.1) is 0 Å². The first kappa shape index (κ1) is 18.8. The molecule has 1 saturated heterocycles. The SMILES string of the molecule is O=C1N=C(N2CCOCC2)S/C1=C/c1ccc(-c2ccc(C(=O)[O-])c(Cl)c2)o1. The quantitative estimate of drug-likeness (QED) is 0.707. The number of aromatic carboxylic acids is 1. The van der Waals surface area contributed by atoms with Gasteiger partial charge in [0.1, 0.15) is 11.5 Å². The molecular formula is C19H14ClN2O5S-. The topological polar surface area (TPSA) is 95.2 Å². The van der Waals surface area contributed by atoms with Crippen molar-refractivity contribution in [3.63, 3.8) is 0 Å². The number of carbonyl (C=O) groups is 2. The summed E-state index contributed by atoms with van der Waals surface area (Å²) >= 11 is 7.29. The van der Waals surface area contributed by atoms with Crippen molar-refractivity contribution < 1.29 is 23.8 Å². The fourth-order valence-corrected chi connectivity index (χ4v) is 4.04. The molecule has 7 nitrogen and oxygen atoms in total. The number of furan rings is 1. The highest BCUT2D eigenvalue weighted by molar-refractivity contribution is 8.18. The Kier molecular flexibility index (Phi) is 5.25. The van der Waals surface area contributed by atoms with E-state index < -0.39 is 5.97 Å². The summed E-state index contributed by atoms with van der Waals surface area (Å²) < 4.78 is 11.1. The van der Waals surface area contributed by atoms with Gasteiger partial charge in [-0.05, 0) is 30.0 Å². The number of benzene rings is 1. The minimum absolute atomic E-state index is 0.0684. The van der Waals surface area contributed by atoms with E-state index in [1.165, 1.54) is 23.9 Å². The highest BCUT2D eigenvalue weighted by Crippen LogP contribution is 2.32. The van der Waals surface area contributed by atoms with Gasteiger partial charge < -0.3 is 24.0 Å². The van der Waals surface area contributed by atoms with E-state index in [1.54, 1.807) is 24.3 Å². The molecule has 0 unspecified atom stereocenters. The first-order chi connectivity index (χ1) is 13.5. The fourth-order valence-electron chi connectivity index (χ4n) is 2.84. The zero-order valence-electron chi connectivity index (χ0n) is 14.5. The van der Waals surface area contributed by atoms with Crippen molar-refractivity contribution in [1.82, 2.24) is 4.90 Å². The average Bonchev–Trinajstić information content (AvgIpc) is 3.29. The summed E-state index contributed by atoms with van der Waals surface area (Å²) in [5, 5.41) is 11.7. The van der Waals surface area contributed by atoms with Crippen molar-refractivity contribution in [3.8, 4) is 11.3 Å². The maximum absolute atomic E-state index is 12.2. The predicted molar refractivity (Wildman–Crippen MR) is 104 cm³/mol. The molecule has 4 rings (SSSR count). The van der Waals surface area contributed by atoms with E-state index in [2.05, 4.69) is 4.99 Å². The summed E-state index contributed by atoms with van der Waals surface area (Å²) in [6, 6.07) is 7.90. The van der Waals surface area contributed by atoms with Crippen LogP contribution in [0.1, 0.15) is 16.1 Å². The summed E-state index contributed by atoms with van der Waals surface area (Å²) in [6.07, 6.45) is 1.64. The van der Waals surface area contributed by atoms with Crippen LogP contribution in [0.5, 0.6) is 0 Å². The lowest BCUT2D eigenvalue weighted by Crippen LogP contribution is -2.38. The zero-order valence-corrected chi connectivity index (χ0v) is 16.1. The van der Waals surface area contributed by atoms with Gasteiger partial charge in [0, 0.05) is 30.3 Å². The van der Waals surface area contributed by atoms with Crippen LogP contribution in [0.15, 0.2) is 44.6 Å². The van der Waals surface area contributed by atoms with Crippen molar-refractivity contribution in [1.29, 1.82) is 0 Å². The molecule has 0 aliphatic carbocycles. The number of halogens is 1. The second kappa shape index (κ2) is 7.83. The molecule has 0 radical (unpaired) electrons. The number of carboxylic acid groups (broad SMARTS) is 1. The summed E-state index contributed by atoms with van der Waals surface area (Å²) in [6.45, 7) is 2.65. The molecule has 0 bridgehead atoms. The molecule has 0 N–H and O–H groups in total. The lowest BCUT2D eigenvalue weighted by Gasteiger charge is -2.27.